The third-order valence-electron chi connectivity index (χ3n) is 6.79. The van der Waals surface area contributed by atoms with Crippen LogP contribution >= 0.6 is 0 Å². The first-order chi connectivity index (χ1) is 16.8. The molecular formula is C25H35F2N5O3. The molecule has 0 unspecified atom stereocenters. The number of anilines is 1. The van der Waals surface area contributed by atoms with E-state index in [0.717, 1.165) is 82.9 Å². The van der Waals surface area contributed by atoms with Crippen LogP contribution in [0.3, 0.4) is 0 Å². The molecule has 2 aromatic rings. The summed E-state index contributed by atoms with van der Waals surface area (Å²) < 4.78 is 37.3. The average molecular weight is 492 g/mol. The maximum absolute atomic E-state index is 13.3. The number of piperidine rings is 2. The lowest BCUT2D eigenvalue weighted by molar-refractivity contribution is -0.0158. The molecule has 10 heteroatoms. The molecule has 2 N–H and O–H groups in total. The molecule has 1 atom stereocenters. The van der Waals surface area contributed by atoms with Crippen LogP contribution in [0.15, 0.2) is 22.7 Å². The zero-order valence-electron chi connectivity index (χ0n) is 20.5. The van der Waals surface area contributed by atoms with Crippen LogP contribution < -0.4 is 20.3 Å². The molecule has 1 aromatic carbocycles. The number of aryl methyl sites for hydroxylation is 1. The Morgan fingerprint density at radius 1 is 1.31 bits per heavy atom. The summed E-state index contributed by atoms with van der Waals surface area (Å²) in [4.78, 5) is 18.4. The Labute approximate surface area is 204 Å². The minimum absolute atomic E-state index is 0.0328. The maximum Gasteiger partial charge on any atom is 0.322 e. The second kappa shape index (κ2) is 11.3. The molecule has 2 saturated heterocycles. The highest BCUT2D eigenvalue weighted by Crippen LogP contribution is 2.29. The molecule has 192 valence electrons. The van der Waals surface area contributed by atoms with Gasteiger partial charge in [0.1, 0.15) is 5.75 Å². The lowest BCUT2D eigenvalue weighted by Gasteiger charge is -2.30. The second-order valence-electron chi connectivity index (χ2n) is 9.70. The van der Waals surface area contributed by atoms with Crippen molar-refractivity contribution in [2.75, 3.05) is 37.7 Å². The van der Waals surface area contributed by atoms with E-state index in [0.29, 0.717) is 18.1 Å². The van der Waals surface area contributed by atoms with Gasteiger partial charge in [-0.2, -0.15) is 13.8 Å². The van der Waals surface area contributed by atoms with Gasteiger partial charge in [0, 0.05) is 38.2 Å². The number of alkyl halides is 2. The summed E-state index contributed by atoms with van der Waals surface area (Å²) >= 11 is 0. The quantitative estimate of drug-likeness (QED) is 0.512. The van der Waals surface area contributed by atoms with E-state index < -0.39 is 11.8 Å². The third kappa shape index (κ3) is 6.90. The largest absolute Gasteiger partial charge is 0.494 e. The first-order valence-corrected chi connectivity index (χ1v) is 12.5. The highest BCUT2D eigenvalue weighted by atomic mass is 19.3. The summed E-state index contributed by atoms with van der Waals surface area (Å²) in [5.74, 6) is -2.23. The van der Waals surface area contributed by atoms with Gasteiger partial charge >= 0.3 is 5.92 Å². The van der Waals surface area contributed by atoms with E-state index >= 15 is 0 Å². The van der Waals surface area contributed by atoms with Crippen LogP contribution in [0.25, 0.3) is 0 Å². The SMILES string of the molecule is Cc1cc(OCCCC2CCN(c3noc(C(C)(F)F)n3)CC2)ccc1C(=O)N[C@@H]1CCCNC1. The fourth-order valence-electron chi connectivity index (χ4n) is 4.72. The lowest BCUT2D eigenvalue weighted by atomic mass is 9.92. The number of nitrogens with zero attached hydrogens (tertiary/aromatic N) is 3. The zero-order valence-corrected chi connectivity index (χ0v) is 20.5. The van der Waals surface area contributed by atoms with Crippen molar-refractivity contribution in [2.24, 2.45) is 5.92 Å². The zero-order chi connectivity index (χ0) is 24.8. The van der Waals surface area contributed by atoms with Crippen LogP contribution in [0.2, 0.25) is 0 Å². The van der Waals surface area contributed by atoms with Gasteiger partial charge in [-0.3, -0.25) is 4.79 Å². The van der Waals surface area contributed by atoms with Gasteiger partial charge in [-0.25, -0.2) is 0 Å². The van der Waals surface area contributed by atoms with Crippen molar-refractivity contribution in [3.8, 4) is 5.75 Å². The minimum atomic E-state index is -3.12. The predicted molar refractivity (Wildman–Crippen MR) is 128 cm³/mol. The lowest BCUT2D eigenvalue weighted by Crippen LogP contribution is -2.45. The Bertz CT molecular complexity index is 980. The van der Waals surface area contributed by atoms with Gasteiger partial charge in [0.25, 0.3) is 17.7 Å². The minimum Gasteiger partial charge on any atom is -0.494 e. The molecule has 4 rings (SSSR count). The van der Waals surface area contributed by atoms with Crippen molar-refractivity contribution in [1.82, 2.24) is 20.8 Å². The van der Waals surface area contributed by atoms with Crippen molar-refractivity contribution in [1.29, 1.82) is 0 Å². The van der Waals surface area contributed by atoms with Crippen molar-refractivity contribution >= 4 is 11.9 Å². The summed E-state index contributed by atoms with van der Waals surface area (Å²) in [6, 6.07) is 5.80. The number of carbonyl (C=O) groups is 1. The van der Waals surface area contributed by atoms with Gasteiger partial charge in [0.05, 0.1) is 6.61 Å². The summed E-state index contributed by atoms with van der Waals surface area (Å²) in [6.45, 7) is 6.57. The van der Waals surface area contributed by atoms with Crippen molar-refractivity contribution in [3.63, 3.8) is 0 Å². The molecule has 1 amide bonds. The second-order valence-corrected chi connectivity index (χ2v) is 9.70. The number of hydrogen-bond acceptors (Lipinski definition) is 7. The first-order valence-electron chi connectivity index (χ1n) is 12.5. The molecule has 2 aliphatic heterocycles. The van der Waals surface area contributed by atoms with Gasteiger partial charge < -0.3 is 24.8 Å². The van der Waals surface area contributed by atoms with Crippen molar-refractivity contribution in [2.45, 2.75) is 64.3 Å². The topological polar surface area (TPSA) is 92.5 Å². The number of ether oxygens (including phenoxy) is 1. The number of rotatable bonds is 9. The van der Waals surface area contributed by atoms with Gasteiger partial charge in [-0.05, 0) is 86.8 Å². The van der Waals surface area contributed by atoms with Crippen LogP contribution in [0.1, 0.15) is 67.3 Å². The molecule has 8 nitrogen and oxygen atoms in total. The van der Waals surface area contributed by atoms with Crippen LogP contribution in [0.4, 0.5) is 14.7 Å². The summed E-state index contributed by atoms with van der Waals surface area (Å²) in [5.41, 5.74) is 1.59. The van der Waals surface area contributed by atoms with Crippen molar-refractivity contribution in [3.05, 3.63) is 35.2 Å². The predicted octanol–water partition coefficient (Wildman–Crippen LogP) is 4.05. The molecule has 3 heterocycles. The Morgan fingerprint density at radius 3 is 2.77 bits per heavy atom. The van der Waals surface area contributed by atoms with Crippen LogP contribution in [-0.4, -0.2) is 54.9 Å². The van der Waals surface area contributed by atoms with E-state index in [1.807, 2.05) is 30.0 Å². The number of benzene rings is 1. The molecule has 0 bridgehead atoms. The molecule has 2 aliphatic rings. The van der Waals surface area contributed by atoms with Gasteiger partial charge in [-0.15, -0.1) is 0 Å². The molecule has 1 aromatic heterocycles. The van der Waals surface area contributed by atoms with E-state index in [-0.39, 0.29) is 17.9 Å². The van der Waals surface area contributed by atoms with Crippen LogP contribution in [0.5, 0.6) is 5.75 Å². The van der Waals surface area contributed by atoms with E-state index in [1.54, 1.807) is 0 Å². The Morgan fingerprint density at radius 2 is 2.11 bits per heavy atom. The van der Waals surface area contributed by atoms with Crippen molar-refractivity contribution < 1.29 is 22.8 Å². The van der Waals surface area contributed by atoms with Gasteiger partial charge in [-0.1, -0.05) is 0 Å². The van der Waals surface area contributed by atoms with E-state index in [4.69, 9.17) is 9.26 Å². The standard InChI is InChI=1S/C25H35F2N5O3/c1-17-15-20(7-8-21(17)22(33)29-19-6-3-11-28-16-19)34-14-4-5-18-9-12-32(13-10-18)24-30-23(35-31-24)25(2,26)27/h7-8,15,18-19,28H,3-6,9-14,16H2,1-2H3,(H,29,33)/t19-/m1/s1. The molecular weight excluding hydrogens is 456 g/mol. The number of halogens is 2. The number of nitrogens with one attached hydrogen (secondary N) is 2. The first kappa shape index (κ1) is 25.3. The smallest absolute Gasteiger partial charge is 0.322 e. The fraction of sp³-hybridized carbons (Fsp3) is 0.640. The average Bonchev–Trinajstić information content (AvgIpc) is 3.34. The molecule has 0 spiro atoms. The summed E-state index contributed by atoms with van der Waals surface area (Å²) in [5, 5.41) is 10.1. The molecule has 2 fully saturated rings. The Balaban J connectivity index is 1.16. The fourth-order valence-corrected chi connectivity index (χ4v) is 4.72. The normalized spacial score (nSPS) is 19.5. The monoisotopic (exact) mass is 491 g/mol. The molecule has 0 aliphatic carbocycles. The van der Waals surface area contributed by atoms with E-state index in [2.05, 4.69) is 20.8 Å². The van der Waals surface area contributed by atoms with Gasteiger partial charge in [0.2, 0.25) is 0 Å². The van der Waals surface area contributed by atoms with Crippen LogP contribution in [0, 0.1) is 12.8 Å². The highest BCUT2D eigenvalue weighted by molar-refractivity contribution is 5.96. The number of hydrogen-bond donors (Lipinski definition) is 2. The Hall–Kier alpha value is -2.75. The summed E-state index contributed by atoms with van der Waals surface area (Å²) in [7, 11) is 0. The highest BCUT2D eigenvalue weighted by Gasteiger charge is 2.33. The molecule has 35 heavy (non-hydrogen) atoms. The summed E-state index contributed by atoms with van der Waals surface area (Å²) in [6.07, 6.45) is 5.95. The maximum atomic E-state index is 13.3. The number of carbonyl (C=O) groups excluding carboxylic acids is 1. The number of amides is 1. The molecule has 0 saturated carbocycles. The Kier molecular flexibility index (Phi) is 8.20. The molecule has 0 radical (unpaired) electrons. The van der Waals surface area contributed by atoms with E-state index in [1.165, 1.54) is 0 Å². The van der Waals surface area contributed by atoms with Crippen LogP contribution in [-0.2, 0) is 5.92 Å². The van der Waals surface area contributed by atoms with Gasteiger partial charge in [0.15, 0.2) is 0 Å². The van der Waals surface area contributed by atoms with E-state index in [9.17, 15) is 13.6 Å². The third-order valence-corrected chi connectivity index (χ3v) is 6.79. The number of aromatic nitrogens is 2.